The molecule has 0 radical (unpaired) electrons. The van der Waals surface area contributed by atoms with E-state index in [9.17, 15) is 39.6 Å². The Hall–Kier alpha value is -2.80. The first kappa shape index (κ1) is 26.5. The van der Waals surface area contributed by atoms with Crippen molar-refractivity contribution in [3.05, 3.63) is 53.1 Å². The highest BCUT2D eigenvalue weighted by atomic mass is 32.2. The number of rotatable bonds is 7. The summed E-state index contributed by atoms with van der Waals surface area (Å²) in [5, 5.41) is 1.89. The maximum atomic E-state index is 13.0. The molecule has 0 unspecified atom stereocenters. The lowest BCUT2D eigenvalue weighted by Gasteiger charge is -2.19. The highest BCUT2D eigenvalue weighted by molar-refractivity contribution is 7.89. The van der Waals surface area contributed by atoms with Crippen LogP contribution in [-0.2, 0) is 27.2 Å². The third-order valence-electron chi connectivity index (χ3n) is 4.39. The fourth-order valence-corrected chi connectivity index (χ4v) is 4.01. The standard InChI is InChI=1S/C20H20F6N2O4S/c1-4-32-17-6-5-16(7-12(17)2)33(30,31)28(3)11-18(29)27-15-9-13(19(21,22)23)8-14(10-15)20(24,25)26/h5-10H,4,11H2,1-3H3,(H,27,29). The molecule has 0 aliphatic rings. The van der Waals surface area contributed by atoms with E-state index < -0.39 is 51.6 Å². The first-order chi connectivity index (χ1) is 15.1. The number of nitrogens with zero attached hydrogens (tertiary/aromatic N) is 1. The van der Waals surface area contributed by atoms with E-state index in [0.717, 1.165) is 7.05 Å². The molecule has 0 aliphatic heterocycles. The van der Waals surface area contributed by atoms with Gasteiger partial charge in [-0.25, -0.2) is 8.42 Å². The number of halogens is 6. The van der Waals surface area contributed by atoms with E-state index in [0.29, 0.717) is 34.4 Å². The Morgan fingerprint density at radius 1 is 1.00 bits per heavy atom. The van der Waals surface area contributed by atoms with Crippen LogP contribution in [0, 0.1) is 6.92 Å². The summed E-state index contributed by atoms with van der Waals surface area (Å²) in [4.78, 5) is 12.1. The molecule has 0 aromatic heterocycles. The zero-order valence-electron chi connectivity index (χ0n) is 17.6. The topological polar surface area (TPSA) is 75.7 Å². The smallest absolute Gasteiger partial charge is 0.416 e. The zero-order chi connectivity index (χ0) is 25.2. The Kier molecular flexibility index (Phi) is 7.69. The van der Waals surface area contributed by atoms with Crippen molar-refractivity contribution in [3.8, 4) is 5.75 Å². The number of amides is 1. The van der Waals surface area contributed by atoms with E-state index in [1.165, 1.54) is 18.2 Å². The molecular weight excluding hydrogens is 478 g/mol. The van der Waals surface area contributed by atoms with Crippen LogP contribution in [0.25, 0.3) is 0 Å². The van der Waals surface area contributed by atoms with Crippen molar-refractivity contribution in [2.75, 3.05) is 25.5 Å². The summed E-state index contributed by atoms with van der Waals surface area (Å²) < 4.78 is 109. The Labute approximate surface area is 186 Å². The molecule has 182 valence electrons. The highest BCUT2D eigenvalue weighted by Crippen LogP contribution is 2.37. The number of likely N-dealkylation sites (N-methyl/N-ethyl adjacent to an activating group) is 1. The van der Waals surface area contributed by atoms with Crippen LogP contribution in [0.1, 0.15) is 23.6 Å². The molecule has 0 bridgehead atoms. The summed E-state index contributed by atoms with van der Waals surface area (Å²) in [6, 6.07) is 4.58. The zero-order valence-corrected chi connectivity index (χ0v) is 18.5. The van der Waals surface area contributed by atoms with E-state index in [4.69, 9.17) is 4.74 Å². The maximum Gasteiger partial charge on any atom is 0.416 e. The average Bonchev–Trinajstić information content (AvgIpc) is 2.67. The molecule has 1 N–H and O–H groups in total. The Morgan fingerprint density at radius 2 is 1.55 bits per heavy atom. The Morgan fingerprint density at radius 3 is 2.00 bits per heavy atom. The van der Waals surface area contributed by atoms with Gasteiger partial charge in [-0.3, -0.25) is 4.79 Å². The van der Waals surface area contributed by atoms with Gasteiger partial charge in [-0.2, -0.15) is 30.6 Å². The summed E-state index contributed by atoms with van der Waals surface area (Å²) in [6.45, 7) is 2.87. The summed E-state index contributed by atoms with van der Waals surface area (Å²) in [5.41, 5.74) is -3.48. The quantitative estimate of drug-likeness (QED) is 0.562. The van der Waals surface area contributed by atoms with Gasteiger partial charge in [0.25, 0.3) is 0 Å². The van der Waals surface area contributed by atoms with Gasteiger partial charge < -0.3 is 10.1 Å². The molecule has 6 nitrogen and oxygen atoms in total. The minimum absolute atomic E-state index is 0.0828. The van der Waals surface area contributed by atoms with Crippen molar-refractivity contribution in [1.82, 2.24) is 4.31 Å². The van der Waals surface area contributed by atoms with Gasteiger partial charge in [-0.1, -0.05) is 0 Å². The lowest BCUT2D eigenvalue weighted by Crippen LogP contribution is -2.35. The third kappa shape index (κ3) is 6.60. The van der Waals surface area contributed by atoms with Crippen LogP contribution in [-0.4, -0.2) is 38.8 Å². The van der Waals surface area contributed by atoms with E-state index in [2.05, 4.69) is 0 Å². The van der Waals surface area contributed by atoms with Crippen molar-refractivity contribution in [3.63, 3.8) is 0 Å². The van der Waals surface area contributed by atoms with Crippen LogP contribution >= 0.6 is 0 Å². The van der Waals surface area contributed by atoms with Crippen molar-refractivity contribution in [2.45, 2.75) is 31.1 Å². The largest absolute Gasteiger partial charge is 0.494 e. The molecule has 0 atom stereocenters. The van der Waals surface area contributed by atoms with Crippen LogP contribution in [0.2, 0.25) is 0 Å². The second-order valence-electron chi connectivity index (χ2n) is 6.96. The number of benzene rings is 2. The number of ether oxygens (including phenoxy) is 1. The van der Waals surface area contributed by atoms with Gasteiger partial charge >= 0.3 is 12.4 Å². The minimum Gasteiger partial charge on any atom is -0.494 e. The molecule has 1 amide bonds. The lowest BCUT2D eigenvalue weighted by atomic mass is 10.1. The molecule has 13 heteroatoms. The fourth-order valence-electron chi connectivity index (χ4n) is 2.79. The number of hydrogen-bond acceptors (Lipinski definition) is 4. The van der Waals surface area contributed by atoms with Gasteiger partial charge in [0.1, 0.15) is 5.75 Å². The normalized spacial score (nSPS) is 12.7. The third-order valence-corrected chi connectivity index (χ3v) is 6.19. The van der Waals surface area contributed by atoms with E-state index >= 15 is 0 Å². The van der Waals surface area contributed by atoms with Crippen LogP contribution in [0.4, 0.5) is 32.0 Å². The molecule has 0 heterocycles. The molecule has 33 heavy (non-hydrogen) atoms. The number of hydrogen-bond donors (Lipinski definition) is 1. The lowest BCUT2D eigenvalue weighted by molar-refractivity contribution is -0.143. The number of carbonyl (C=O) groups excluding carboxylic acids is 1. The van der Waals surface area contributed by atoms with Crippen LogP contribution in [0.3, 0.4) is 0 Å². The summed E-state index contributed by atoms with van der Waals surface area (Å²) >= 11 is 0. The number of aryl methyl sites for hydroxylation is 1. The van der Waals surface area contributed by atoms with Crippen molar-refractivity contribution >= 4 is 21.6 Å². The fraction of sp³-hybridized carbons (Fsp3) is 0.350. The Bertz CT molecular complexity index is 1100. The minimum atomic E-state index is -5.09. The molecule has 0 fully saturated rings. The predicted octanol–water partition coefficient (Wildman–Crippen LogP) is 4.69. The molecular formula is C20H20F6N2O4S. The SMILES string of the molecule is CCOc1ccc(S(=O)(=O)N(C)CC(=O)Nc2cc(C(F)(F)F)cc(C(F)(F)F)c2)cc1C. The molecule has 0 spiro atoms. The van der Waals surface area contributed by atoms with Crippen molar-refractivity contribution in [1.29, 1.82) is 0 Å². The number of alkyl halides is 6. The molecule has 2 aromatic carbocycles. The van der Waals surface area contributed by atoms with Gasteiger partial charge in [0, 0.05) is 12.7 Å². The van der Waals surface area contributed by atoms with Crippen molar-refractivity contribution < 1.29 is 44.3 Å². The molecule has 0 aliphatic carbocycles. The monoisotopic (exact) mass is 498 g/mol. The first-order valence-electron chi connectivity index (χ1n) is 9.35. The predicted molar refractivity (Wildman–Crippen MR) is 107 cm³/mol. The number of nitrogens with one attached hydrogen (secondary N) is 1. The first-order valence-corrected chi connectivity index (χ1v) is 10.8. The van der Waals surface area contributed by atoms with Crippen LogP contribution in [0.15, 0.2) is 41.3 Å². The summed E-state index contributed by atoms with van der Waals surface area (Å²) in [5.74, 6) is -0.668. The van der Waals surface area contributed by atoms with Gasteiger partial charge in [0.15, 0.2) is 0 Å². The molecule has 0 saturated carbocycles. The number of carbonyl (C=O) groups is 1. The highest BCUT2D eigenvalue weighted by Gasteiger charge is 2.37. The van der Waals surface area contributed by atoms with Crippen molar-refractivity contribution in [2.24, 2.45) is 0 Å². The van der Waals surface area contributed by atoms with E-state index in [-0.39, 0.29) is 11.0 Å². The van der Waals surface area contributed by atoms with Gasteiger partial charge in [-0.15, -0.1) is 0 Å². The molecule has 2 aromatic rings. The number of sulfonamides is 1. The van der Waals surface area contributed by atoms with Gasteiger partial charge in [-0.05, 0) is 55.8 Å². The van der Waals surface area contributed by atoms with Gasteiger partial charge in [0.2, 0.25) is 15.9 Å². The summed E-state index contributed by atoms with van der Waals surface area (Å²) in [7, 11) is -3.14. The second kappa shape index (κ2) is 9.59. The Balaban J connectivity index is 2.24. The second-order valence-corrected chi connectivity index (χ2v) is 9.01. The summed E-state index contributed by atoms with van der Waals surface area (Å²) in [6.07, 6.45) is -10.2. The van der Waals surface area contributed by atoms with Crippen LogP contribution < -0.4 is 10.1 Å². The maximum absolute atomic E-state index is 13.0. The molecule has 2 rings (SSSR count). The molecule has 0 saturated heterocycles. The van der Waals surface area contributed by atoms with Gasteiger partial charge in [0.05, 0.1) is 29.2 Å². The van der Waals surface area contributed by atoms with E-state index in [1.54, 1.807) is 13.8 Å². The average molecular weight is 498 g/mol. The van der Waals surface area contributed by atoms with E-state index in [1.807, 2.05) is 5.32 Å². The van der Waals surface area contributed by atoms with Crippen LogP contribution in [0.5, 0.6) is 5.75 Å². The number of anilines is 1.